The molecule has 1 N–H and O–H groups in total. The third-order valence-corrected chi connectivity index (χ3v) is 3.11. The summed E-state index contributed by atoms with van der Waals surface area (Å²) in [5.74, 6) is -2.41. The van der Waals surface area contributed by atoms with Crippen molar-refractivity contribution in [3.05, 3.63) is 35.1 Å². The molecule has 0 aliphatic carbocycles. The second-order valence-corrected chi connectivity index (χ2v) is 4.46. The SMILES string of the molecule is Cc1cccc(C(=O)N2CC(=O)NC(=O)C2C)c1F. The average Bonchev–Trinajstić information content (AvgIpc) is 2.36. The van der Waals surface area contributed by atoms with E-state index in [1.54, 1.807) is 19.1 Å². The Balaban J connectivity index is 2.35. The van der Waals surface area contributed by atoms with Gasteiger partial charge < -0.3 is 4.90 Å². The zero-order valence-corrected chi connectivity index (χ0v) is 10.6. The standard InChI is InChI=1S/C13H13FN2O3/c1-7-4-3-5-9(11(7)14)13(19)16-6-10(17)15-12(18)8(16)2/h3-5,8H,6H2,1-2H3,(H,15,17,18). The van der Waals surface area contributed by atoms with Gasteiger partial charge in [-0.2, -0.15) is 0 Å². The molecule has 1 unspecified atom stereocenters. The van der Waals surface area contributed by atoms with E-state index in [-0.39, 0.29) is 12.1 Å². The van der Waals surface area contributed by atoms with Crippen LogP contribution in [0.3, 0.4) is 0 Å². The predicted octanol–water partition coefficient (Wildman–Crippen LogP) is 0.621. The van der Waals surface area contributed by atoms with E-state index in [0.29, 0.717) is 5.56 Å². The first-order valence-electron chi connectivity index (χ1n) is 5.81. The summed E-state index contributed by atoms with van der Waals surface area (Å²) in [6, 6.07) is 3.64. The smallest absolute Gasteiger partial charge is 0.257 e. The summed E-state index contributed by atoms with van der Waals surface area (Å²) < 4.78 is 13.9. The van der Waals surface area contributed by atoms with Gasteiger partial charge in [0.05, 0.1) is 5.56 Å². The van der Waals surface area contributed by atoms with E-state index in [1.165, 1.54) is 13.0 Å². The topological polar surface area (TPSA) is 66.5 Å². The molecule has 5 nitrogen and oxygen atoms in total. The highest BCUT2D eigenvalue weighted by Gasteiger charge is 2.34. The van der Waals surface area contributed by atoms with Gasteiger partial charge in [0.1, 0.15) is 18.4 Å². The number of carbonyl (C=O) groups excluding carboxylic acids is 3. The van der Waals surface area contributed by atoms with Crippen LogP contribution in [0.25, 0.3) is 0 Å². The number of halogens is 1. The Bertz CT molecular complexity index is 571. The summed E-state index contributed by atoms with van der Waals surface area (Å²) >= 11 is 0. The van der Waals surface area contributed by atoms with E-state index in [9.17, 15) is 18.8 Å². The average molecular weight is 264 g/mol. The van der Waals surface area contributed by atoms with E-state index in [1.807, 2.05) is 0 Å². The maximum Gasteiger partial charge on any atom is 0.257 e. The molecule has 1 fully saturated rings. The zero-order valence-electron chi connectivity index (χ0n) is 10.6. The van der Waals surface area contributed by atoms with Crippen LogP contribution in [0.15, 0.2) is 18.2 Å². The molecule has 1 aromatic carbocycles. The van der Waals surface area contributed by atoms with Gasteiger partial charge in [0.2, 0.25) is 11.8 Å². The number of rotatable bonds is 1. The van der Waals surface area contributed by atoms with Crippen molar-refractivity contribution < 1.29 is 18.8 Å². The molecular weight excluding hydrogens is 251 g/mol. The maximum atomic E-state index is 13.9. The number of aryl methyl sites for hydroxylation is 1. The van der Waals surface area contributed by atoms with Crippen molar-refractivity contribution in [2.75, 3.05) is 6.54 Å². The van der Waals surface area contributed by atoms with Crippen LogP contribution in [0.4, 0.5) is 4.39 Å². The number of benzene rings is 1. The number of hydrogen-bond donors (Lipinski definition) is 1. The van der Waals surface area contributed by atoms with E-state index in [4.69, 9.17) is 0 Å². The Hall–Kier alpha value is -2.24. The van der Waals surface area contributed by atoms with Crippen molar-refractivity contribution in [1.29, 1.82) is 0 Å². The lowest BCUT2D eigenvalue weighted by Crippen LogP contribution is -2.58. The second-order valence-electron chi connectivity index (χ2n) is 4.46. The minimum absolute atomic E-state index is 0.130. The van der Waals surface area contributed by atoms with Crippen LogP contribution in [0.2, 0.25) is 0 Å². The number of hydrogen-bond acceptors (Lipinski definition) is 3. The molecule has 6 heteroatoms. The predicted molar refractivity (Wildman–Crippen MR) is 64.8 cm³/mol. The van der Waals surface area contributed by atoms with Crippen LogP contribution in [-0.2, 0) is 9.59 Å². The lowest BCUT2D eigenvalue weighted by atomic mass is 10.1. The van der Waals surface area contributed by atoms with E-state index < -0.39 is 29.6 Å². The first kappa shape index (κ1) is 13.2. The summed E-state index contributed by atoms with van der Waals surface area (Å²) in [6.45, 7) is 2.79. The van der Waals surface area contributed by atoms with Crippen LogP contribution < -0.4 is 5.32 Å². The quantitative estimate of drug-likeness (QED) is 0.756. The number of nitrogens with one attached hydrogen (secondary N) is 1. The lowest BCUT2D eigenvalue weighted by molar-refractivity contribution is -0.138. The van der Waals surface area contributed by atoms with Gasteiger partial charge in [0.15, 0.2) is 0 Å². The van der Waals surface area contributed by atoms with Gasteiger partial charge in [-0.1, -0.05) is 12.1 Å². The summed E-state index contributed by atoms with van der Waals surface area (Å²) in [4.78, 5) is 36.1. The third kappa shape index (κ3) is 2.33. The van der Waals surface area contributed by atoms with Gasteiger partial charge in [-0.05, 0) is 25.5 Å². The highest BCUT2D eigenvalue weighted by molar-refractivity contribution is 6.07. The second kappa shape index (κ2) is 4.79. The fourth-order valence-electron chi connectivity index (χ4n) is 1.93. The molecule has 1 atom stereocenters. The first-order valence-corrected chi connectivity index (χ1v) is 5.81. The largest absolute Gasteiger partial charge is 0.317 e. The van der Waals surface area contributed by atoms with E-state index in [2.05, 4.69) is 5.32 Å². The van der Waals surface area contributed by atoms with E-state index in [0.717, 1.165) is 4.90 Å². The van der Waals surface area contributed by atoms with Gasteiger partial charge in [0.25, 0.3) is 5.91 Å². The van der Waals surface area contributed by atoms with Gasteiger partial charge in [-0.15, -0.1) is 0 Å². The molecule has 1 saturated heterocycles. The first-order chi connectivity index (χ1) is 8.91. The van der Waals surface area contributed by atoms with Crippen molar-refractivity contribution >= 4 is 17.7 Å². The molecule has 19 heavy (non-hydrogen) atoms. The molecule has 100 valence electrons. The highest BCUT2D eigenvalue weighted by Crippen LogP contribution is 2.17. The van der Waals surface area contributed by atoms with Crippen molar-refractivity contribution in [1.82, 2.24) is 10.2 Å². The number of amides is 3. The van der Waals surface area contributed by atoms with Gasteiger partial charge in [-0.3, -0.25) is 19.7 Å². The Labute approximate surface area is 109 Å². The van der Waals surface area contributed by atoms with Gasteiger partial charge >= 0.3 is 0 Å². The molecule has 1 aliphatic rings. The number of carbonyl (C=O) groups is 3. The molecule has 1 heterocycles. The van der Waals surface area contributed by atoms with Gasteiger partial charge in [0, 0.05) is 0 Å². The highest BCUT2D eigenvalue weighted by atomic mass is 19.1. The van der Waals surface area contributed by atoms with E-state index >= 15 is 0 Å². The van der Waals surface area contributed by atoms with Crippen molar-refractivity contribution in [2.45, 2.75) is 19.9 Å². The summed E-state index contributed by atoms with van der Waals surface area (Å²) in [6.07, 6.45) is 0. The molecule has 3 amide bonds. The fourth-order valence-corrected chi connectivity index (χ4v) is 1.93. The molecule has 0 aromatic heterocycles. The Kier molecular flexibility index (Phi) is 3.33. The number of piperazine rings is 1. The van der Waals surface area contributed by atoms with Crippen LogP contribution in [-0.4, -0.2) is 35.2 Å². The van der Waals surface area contributed by atoms with Crippen LogP contribution in [0.5, 0.6) is 0 Å². The number of imide groups is 1. The third-order valence-electron chi connectivity index (χ3n) is 3.11. The normalized spacial score (nSPS) is 19.3. The van der Waals surface area contributed by atoms with Crippen LogP contribution in [0, 0.1) is 12.7 Å². The molecular formula is C13H13FN2O3. The molecule has 2 rings (SSSR count). The summed E-state index contributed by atoms with van der Waals surface area (Å²) in [7, 11) is 0. The maximum absolute atomic E-state index is 13.9. The van der Waals surface area contributed by atoms with Crippen LogP contribution in [0.1, 0.15) is 22.8 Å². The van der Waals surface area contributed by atoms with Crippen LogP contribution >= 0.6 is 0 Å². The molecule has 0 saturated carbocycles. The van der Waals surface area contributed by atoms with Crippen molar-refractivity contribution in [2.24, 2.45) is 0 Å². The Morgan fingerprint density at radius 2 is 2.11 bits per heavy atom. The number of nitrogens with zero attached hydrogens (tertiary/aromatic N) is 1. The monoisotopic (exact) mass is 264 g/mol. The van der Waals surface area contributed by atoms with Crippen molar-refractivity contribution in [3.8, 4) is 0 Å². The zero-order chi connectivity index (χ0) is 14.2. The van der Waals surface area contributed by atoms with Gasteiger partial charge in [-0.25, -0.2) is 4.39 Å². The Morgan fingerprint density at radius 3 is 2.79 bits per heavy atom. The fraction of sp³-hybridized carbons (Fsp3) is 0.308. The summed E-state index contributed by atoms with van der Waals surface area (Å²) in [5.41, 5.74) is 0.209. The minimum atomic E-state index is -0.801. The molecule has 1 aromatic rings. The molecule has 0 radical (unpaired) electrons. The summed E-state index contributed by atoms with van der Waals surface area (Å²) in [5, 5.41) is 2.13. The molecule has 1 aliphatic heterocycles. The van der Waals surface area contributed by atoms with Crippen molar-refractivity contribution in [3.63, 3.8) is 0 Å². The molecule has 0 bridgehead atoms. The minimum Gasteiger partial charge on any atom is -0.317 e. The Morgan fingerprint density at radius 1 is 1.42 bits per heavy atom. The molecule has 0 spiro atoms. The lowest BCUT2D eigenvalue weighted by Gasteiger charge is -2.31.